The maximum absolute atomic E-state index is 4.51. The number of likely N-dealkylation sites (N-methyl/N-ethyl adjacent to an activating group) is 1. The number of nitrogens with zero attached hydrogens (tertiary/aromatic N) is 5. The summed E-state index contributed by atoms with van der Waals surface area (Å²) in [6.45, 7) is 12.4. The molecular formula is C24H39N7. The van der Waals surface area contributed by atoms with Crippen molar-refractivity contribution in [1.29, 1.82) is 0 Å². The first-order valence-electron chi connectivity index (χ1n) is 11.5. The van der Waals surface area contributed by atoms with E-state index in [-0.39, 0.29) is 0 Å². The summed E-state index contributed by atoms with van der Waals surface area (Å²) in [6.07, 6.45) is 2.26. The first kappa shape index (κ1) is 23.3. The molecule has 0 saturated carbocycles. The molecule has 0 atom stereocenters. The Kier molecular flexibility index (Phi) is 8.91. The van der Waals surface area contributed by atoms with Gasteiger partial charge in [0.2, 0.25) is 0 Å². The van der Waals surface area contributed by atoms with Gasteiger partial charge in [-0.05, 0) is 64.0 Å². The van der Waals surface area contributed by atoms with E-state index in [0.717, 1.165) is 57.3 Å². The Hall–Kier alpha value is -2.38. The number of aromatic nitrogens is 2. The number of aryl methyl sites for hydroxylation is 3. The second kappa shape index (κ2) is 11.9. The zero-order valence-electron chi connectivity index (χ0n) is 19.7. The van der Waals surface area contributed by atoms with Crippen molar-refractivity contribution < 1.29 is 0 Å². The summed E-state index contributed by atoms with van der Waals surface area (Å²) in [5.41, 5.74) is 4.95. The number of benzene rings is 1. The maximum atomic E-state index is 4.51. The molecule has 2 N–H and O–H groups in total. The van der Waals surface area contributed by atoms with Crippen molar-refractivity contribution in [3.63, 3.8) is 0 Å². The minimum atomic E-state index is 0.770. The fourth-order valence-corrected chi connectivity index (χ4v) is 4.02. The summed E-state index contributed by atoms with van der Waals surface area (Å²) in [7, 11) is 4.04. The highest BCUT2D eigenvalue weighted by molar-refractivity contribution is 5.79. The van der Waals surface area contributed by atoms with Gasteiger partial charge in [0.1, 0.15) is 0 Å². The van der Waals surface area contributed by atoms with Gasteiger partial charge in [0, 0.05) is 52.0 Å². The van der Waals surface area contributed by atoms with E-state index in [4.69, 9.17) is 0 Å². The van der Waals surface area contributed by atoms with E-state index < -0.39 is 0 Å². The van der Waals surface area contributed by atoms with Crippen LogP contribution in [0.3, 0.4) is 0 Å². The third-order valence-corrected chi connectivity index (χ3v) is 5.87. The number of aliphatic imine (C=N–C) groups is 1. The van der Waals surface area contributed by atoms with E-state index in [1.807, 2.05) is 14.0 Å². The van der Waals surface area contributed by atoms with Crippen LogP contribution in [0.25, 0.3) is 0 Å². The quantitative estimate of drug-likeness (QED) is 0.386. The van der Waals surface area contributed by atoms with Crippen LogP contribution < -0.4 is 10.6 Å². The van der Waals surface area contributed by atoms with Gasteiger partial charge in [-0.2, -0.15) is 5.10 Å². The Balaban J connectivity index is 1.37. The molecule has 1 saturated heterocycles. The fourth-order valence-electron chi connectivity index (χ4n) is 4.02. The smallest absolute Gasteiger partial charge is 0.191 e. The van der Waals surface area contributed by atoms with E-state index in [2.05, 4.69) is 79.5 Å². The van der Waals surface area contributed by atoms with Crippen molar-refractivity contribution in [3.05, 3.63) is 52.8 Å². The highest BCUT2D eigenvalue weighted by atomic mass is 15.3. The number of guanidine groups is 1. The van der Waals surface area contributed by atoms with Crippen molar-refractivity contribution in [3.8, 4) is 0 Å². The molecule has 0 spiro atoms. The number of nitrogens with one attached hydrogen (secondary N) is 2. The van der Waals surface area contributed by atoms with Crippen LogP contribution in [0.4, 0.5) is 0 Å². The Bertz CT molecular complexity index is 825. The van der Waals surface area contributed by atoms with Crippen molar-refractivity contribution >= 4 is 5.96 Å². The Morgan fingerprint density at radius 3 is 2.52 bits per heavy atom. The standard InChI is InChI=1S/C24H39N7/c1-20-17-21(2)31(28-20)14-5-11-26-24(25-3)27-18-22-7-9-23(10-8-22)19-30-13-6-12-29(4)15-16-30/h7-10,17H,5-6,11-16,18-19H2,1-4H3,(H2,25,26,27). The molecule has 0 bridgehead atoms. The molecule has 0 aliphatic carbocycles. The van der Waals surface area contributed by atoms with Crippen molar-refractivity contribution in [2.75, 3.05) is 46.8 Å². The van der Waals surface area contributed by atoms with Gasteiger partial charge in [-0.3, -0.25) is 14.6 Å². The number of hydrogen-bond acceptors (Lipinski definition) is 4. The topological polar surface area (TPSA) is 60.7 Å². The molecule has 2 heterocycles. The van der Waals surface area contributed by atoms with Gasteiger partial charge in [0.25, 0.3) is 0 Å². The van der Waals surface area contributed by atoms with E-state index in [0.29, 0.717) is 0 Å². The van der Waals surface area contributed by atoms with Gasteiger partial charge < -0.3 is 15.5 Å². The van der Waals surface area contributed by atoms with Gasteiger partial charge in [0.15, 0.2) is 5.96 Å². The zero-order valence-corrected chi connectivity index (χ0v) is 19.7. The second-order valence-electron chi connectivity index (χ2n) is 8.61. The predicted octanol–water partition coefficient (Wildman–Crippen LogP) is 2.39. The third-order valence-electron chi connectivity index (χ3n) is 5.87. The average Bonchev–Trinajstić information content (AvgIpc) is 2.94. The lowest BCUT2D eigenvalue weighted by molar-refractivity contribution is 0.269. The molecular weight excluding hydrogens is 386 g/mol. The average molecular weight is 426 g/mol. The molecule has 2 aromatic rings. The highest BCUT2D eigenvalue weighted by Crippen LogP contribution is 2.10. The fraction of sp³-hybridized carbons (Fsp3) is 0.583. The van der Waals surface area contributed by atoms with Gasteiger partial charge in [-0.1, -0.05) is 24.3 Å². The number of hydrogen-bond donors (Lipinski definition) is 2. The highest BCUT2D eigenvalue weighted by Gasteiger charge is 2.12. The van der Waals surface area contributed by atoms with Gasteiger partial charge >= 0.3 is 0 Å². The molecule has 1 fully saturated rings. The monoisotopic (exact) mass is 425 g/mol. The molecule has 31 heavy (non-hydrogen) atoms. The molecule has 3 rings (SSSR count). The molecule has 0 amide bonds. The van der Waals surface area contributed by atoms with Crippen LogP contribution >= 0.6 is 0 Å². The molecule has 1 aromatic carbocycles. The largest absolute Gasteiger partial charge is 0.356 e. The molecule has 170 valence electrons. The van der Waals surface area contributed by atoms with Crippen LogP contribution in [0.1, 0.15) is 35.4 Å². The number of rotatable bonds is 8. The predicted molar refractivity (Wildman–Crippen MR) is 128 cm³/mol. The summed E-state index contributed by atoms with van der Waals surface area (Å²) in [5.74, 6) is 0.839. The Labute approximate surface area is 187 Å². The molecule has 1 aliphatic rings. The zero-order chi connectivity index (χ0) is 22.1. The first-order valence-corrected chi connectivity index (χ1v) is 11.5. The van der Waals surface area contributed by atoms with Crippen LogP contribution in [0.15, 0.2) is 35.3 Å². The third kappa shape index (κ3) is 7.67. The lowest BCUT2D eigenvalue weighted by Gasteiger charge is -2.20. The van der Waals surface area contributed by atoms with Crippen LogP contribution in [0.5, 0.6) is 0 Å². The SMILES string of the molecule is CN=C(NCCCn1nc(C)cc1C)NCc1ccc(CN2CCCN(C)CC2)cc1. The van der Waals surface area contributed by atoms with Crippen LogP contribution in [0, 0.1) is 13.8 Å². The molecule has 0 radical (unpaired) electrons. The summed E-state index contributed by atoms with van der Waals surface area (Å²) in [4.78, 5) is 9.33. The molecule has 7 heteroatoms. The summed E-state index contributed by atoms with van der Waals surface area (Å²) in [6, 6.07) is 11.1. The summed E-state index contributed by atoms with van der Waals surface area (Å²) < 4.78 is 2.07. The molecule has 1 aromatic heterocycles. The van der Waals surface area contributed by atoms with E-state index >= 15 is 0 Å². The molecule has 0 unspecified atom stereocenters. The Morgan fingerprint density at radius 2 is 1.81 bits per heavy atom. The van der Waals surface area contributed by atoms with Gasteiger partial charge in [-0.15, -0.1) is 0 Å². The van der Waals surface area contributed by atoms with E-state index in [1.165, 1.54) is 36.3 Å². The lowest BCUT2D eigenvalue weighted by atomic mass is 10.1. The molecule has 7 nitrogen and oxygen atoms in total. The minimum Gasteiger partial charge on any atom is -0.356 e. The van der Waals surface area contributed by atoms with E-state index in [1.54, 1.807) is 0 Å². The normalized spacial score (nSPS) is 16.3. The van der Waals surface area contributed by atoms with Crippen molar-refractivity contribution in [2.24, 2.45) is 4.99 Å². The second-order valence-corrected chi connectivity index (χ2v) is 8.61. The van der Waals surface area contributed by atoms with Crippen molar-refractivity contribution in [2.45, 2.75) is 46.3 Å². The Morgan fingerprint density at radius 1 is 1.03 bits per heavy atom. The summed E-state index contributed by atoms with van der Waals surface area (Å²) in [5, 5.41) is 11.3. The maximum Gasteiger partial charge on any atom is 0.191 e. The van der Waals surface area contributed by atoms with Crippen LogP contribution in [-0.4, -0.2) is 72.4 Å². The van der Waals surface area contributed by atoms with Crippen molar-refractivity contribution in [1.82, 2.24) is 30.2 Å². The lowest BCUT2D eigenvalue weighted by Crippen LogP contribution is -2.37. The van der Waals surface area contributed by atoms with E-state index in [9.17, 15) is 0 Å². The van der Waals surface area contributed by atoms with Crippen LogP contribution in [-0.2, 0) is 19.6 Å². The first-order chi connectivity index (χ1) is 15.0. The molecule has 1 aliphatic heterocycles. The van der Waals surface area contributed by atoms with Gasteiger partial charge in [-0.25, -0.2) is 0 Å². The summed E-state index contributed by atoms with van der Waals surface area (Å²) >= 11 is 0. The minimum absolute atomic E-state index is 0.770. The van der Waals surface area contributed by atoms with Gasteiger partial charge in [0.05, 0.1) is 5.69 Å². The van der Waals surface area contributed by atoms with Crippen LogP contribution in [0.2, 0.25) is 0 Å².